The fourth-order valence-electron chi connectivity index (χ4n) is 3.90. The number of rotatable bonds is 4. The maximum absolute atomic E-state index is 12.4. The number of nitrogens with one attached hydrogen (secondary N) is 1. The van der Waals surface area contributed by atoms with Crippen molar-refractivity contribution in [2.24, 2.45) is 0 Å². The molecule has 0 aromatic rings. The lowest BCUT2D eigenvalue weighted by Crippen LogP contribution is -2.67. The fraction of sp³-hybridized carbons (Fsp3) is 0.938. The first-order valence-electron chi connectivity index (χ1n) is 8.44. The van der Waals surface area contributed by atoms with Gasteiger partial charge in [0.2, 0.25) is 5.91 Å². The summed E-state index contributed by atoms with van der Waals surface area (Å²) in [6, 6.07) is 1.09. The number of hydrogen-bond acceptors (Lipinski definition) is 4. The van der Waals surface area contributed by atoms with Crippen molar-refractivity contribution in [3.05, 3.63) is 0 Å². The molecule has 1 amide bonds. The minimum absolute atomic E-state index is 0.0555. The van der Waals surface area contributed by atoms with Gasteiger partial charge in [0.25, 0.3) is 0 Å². The Bertz CT molecular complexity index is 393. The van der Waals surface area contributed by atoms with E-state index in [1.807, 2.05) is 4.90 Å². The first-order valence-corrected chi connectivity index (χ1v) is 8.44. The molecule has 21 heavy (non-hydrogen) atoms. The van der Waals surface area contributed by atoms with E-state index in [1.165, 1.54) is 0 Å². The topological polar surface area (TPSA) is 44.8 Å². The summed E-state index contributed by atoms with van der Waals surface area (Å²) < 4.78 is 5.77. The molecular weight excluding hydrogens is 266 g/mol. The van der Waals surface area contributed by atoms with Crippen molar-refractivity contribution < 1.29 is 9.53 Å². The zero-order valence-corrected chi connectivity index (χ0v) is 13.6. The van der Waals surface area contributed by atoms with Crippen molar-refractivity contribution in [2.75, 3.05) is 32.8 Å². The van der Waals surface area contributed by atoms with Gasteiger partial charge in [-0.2, -0.15) is 0 Å². The molecule has 0 spiro atoms. The number of carbonyl (C=O) groups is 1. The third kappa shape index (κ3) is 2.96. The van der Waals surface area contributed by atoms with Crippen molar-refractivity contribution in [3.8, 4) is 0 Å². The van der Waals surface area contributed by atoms with Gasteiger partial charge >= 0.3 is 0 Å². The second kappa shape index (κ2) is 5.86. The average Bonchev–Trinajstić information content (AvgIpc) is 2.73. The third-order valence-corrected chi connectivity index (χ3v) is 5.39. The molecule has 1 N–H and O–H groups in total. The van der Waals surface area contributed by atoms with Gasteiger partial charge in [0.15, 0.2) is 0 Å². The van der Waals surface area contributed by atoms with E-state index < -0.39 is 0 Å². The van der Waals surface area contributed by atoms with E-state index in [0.717, 1.165) is 52.0 Å². The third-order valence-electron chi connectivity index (χ3n) is 5.39. The van der Waals surface area contributed by atoms with Crippen molar-refractivity contribution in [1.29, 1.82) is 0 Å². The summed E-state index contributed by atoms with van der Waals surface area (Å²) in [6.07, 6.45) is 3.26. The number of piperidine rings is 1. The van der Waals surface area contributed by atoms with Crippen LogP contribution in [0.4, 0.5) is 0 Å². The number of nitrogens with zero attached hydrogens (tertiary/aromatic N) is 2. The summed E-state index contributed by atoms with van der Waals surface area (Å²) in [7, 11) is 0. The summed E-state index contributed by atoms with van der Waals surface area (Å²) in [4.78, 5) is 16.7. The molecule has 0 aromatic carbocycles. The van der Waals surface area contributed by atoms with Gasteiger partial charge in [-0.1, -0.05) is 0 Å². The van der Waals surface area contributed by atoms with Crippen molar-refractivity contribution >= 4 is 5.91 Å². The highest BCUT2D eigenvalue weighted by molar-refractivity contribution is 5.82. The van der Waals surface area contributed by atoms with Crippen molar-refractivity contribution in [1.82, 2.24) is 15.1 Å². The van der Waals surface area contributed by atoms with Crippen LogP contribution in [0.25, 0.3) is 0 Å². The van der Waals surface area contributed by atoms with Crippen LogP contribution in [0.5, 0.6) is 0 Å². The summed E-state index contributed by atoms with van der Waals surface area (Å²) >= 11 is 0. The Kier molecular flexibility index (Phi) is 4.26. The lowest BCUT2D eigenvalue weighted by molar-refractivity contribution is -0.142. The van der Waals surface area contributed by atoms with Crippen LogP contribution in [-0.4, -0.2) is 72.2 Å². The molecule has 3 aliphatic rings. The number of carbonyl (C=O) groups excluding carboxylic acids is 1. The lowest BCUT2D eigenvalue weighted by Gasteiger charge is -2.48. The van der Waals surface area contributed by atoms with Crippen molar-refractivity contribution in [3.63, 3.8) is 0 Å². The molecule has 3 saturated heterocycles. The zero-order valence-electron chi connectivity index (χ0n) is 13.6. The average molecular weight is 295 g/mol. The zero-order chi connectivity index (χ0) is 15.0. The van der Waals surface area contributed by atoms with E-state index in [-0.39, 0.29) is 11.6 Å². The van der Waals surface area contributed by atoms with E-state index >= 15 is 0 Å². The van der Waals surface area contributed by atoms with E-state index in [4.69, 9.17) is 4.74 Å². The van der Waals surface area contributed by atoms with Gasteiger partial charge in [-0.3, -0.25) is 9.69 Å². The van der Waals surface area contributed by atoms with Crippen LogP contribution in [0.1, 0.15) is 40.0 Å². The molecule has 3 aliphatic heterocycles. The van der Waals surface area contributed by atoms with E-state index in [1.54, 1.807) is 0 Å². The molecule has 0 bridgehead atoms. The molecule has 3 heterocycles. The minimum Gasteiger partial charge on any atom is -0.374 e. The quantitative estimate of drug-likeness (QED) is 0.835. The van der Waals surface area contributed by atoms with Crippen LogP contribution in [0, 0.1) is 0 Å². The van der Waals surface area contributed by atoms with Gasteiger partial charge in [-0.15, -0.1) is 0 Å². The highest BCUT2D eigenvalue weighted by Gasteiger charge is 2.42. The van der Waals surface area contributed by atoms with Crippen LogP contribution in [0.15, 0.2) is 0 Å². The summed E-state index contributed by atoms with van der Waals surface area (Å²) in [6.45, 7) is 11.0. The highest BCUT2D eigenvalue weighted by Crippen LogP contribution is 2.28. The number of ether oxygens (including phenoxy) is 1. The van der Waals surface area contributed by atoms with Crippen LogP contribution in [0.3, 0.4) is 0 Å². The van der Waals surface area contributed by atoms with Crippen LogP contribution < -0.4 is 5.32 Å². The SMILES string of the molecule is CCN1CCCC(N2CC(NC3CCOC3(C)C)C2)C1=O. The summed E-state index contributed by atoms with van der Waals surface area (Å²) in [5.41, 5.74) is -0.0555. The van der Waals surface area contributed by atoms with E-state index in [9.17, 15) is 4.79 Å². The normalized spacial score (nSPS) is 34.2. The van der Waals surface area contributed by atoms with E-state index in [0.29, 0.717) is 18.0 Å². The molecule has 0 saturated carbocycles. The molecular formula is C16H29N3O2. The van der Waals surface area contributed by atoms with Gasteiger partial charge in [0, 0.05) is 44.9 Å². The number of amides is 1. The monoisotopic (exact) mass is 295 g/mol. The maximum atomic E-state index is 12.4. The lowest BCUT2D eigenvalue weighted by atomic mass is 9.94. The predicted molar refractivity (Wildman–Crippen MR) is 82.2 cm³/mol. The molecule has 120 valence electrons. The number of hydrogen-bond donors (Lipinski definition) is 1. The molecule has 5 heteroatoms. The molecule has 5 nitrogen and oxygen atoms in total. The molecule has 0 aromatic heterocycles. The number of likely N-dealkylation sites (tertiary alicyclic amines) is 2. The Hall–Kier alpha value is -0.650. The second-order valence-electron chi connectivity index (χ2n) is 7.19. The van der Waals surface area contributed by atoms with Gasteiger partial charge < -0.3 is 15.0 Å². The van der Waals surface area contributed by atoms with Gasteiger partial charge in [0.05, 0.1) is 11.6 Å². The smallest absolute Gasteiger partial charge is 0.239 e. The Morgan fingerprint density at radius 3 is 2.71 bits per heavy atom. The Morgan fingerprint density at radius 2 is 2.10 bits per heavy atom. The van der Waals surface area contributed by atoms with Crippen LogP contribution >= 0.6 is 0 Å². The minimum atomic E-state index is -0.0555. The Morgan fingerprint density at radius 1 is 1.33 bits per heavy atom. The molecule has 3 rings (SSSR count). The second-order valence-corrected chi connectivity index (χ2v) is 7.19. The predicted octanol–water partition coefficient (Wildman–Crippen LogP) is 0.839. The van der Waals surface area contributed by atoms with Gasteiger partial charge in [-0.05, 0) is 40.0 Å². The molecule has 0 radical (unpaired) electrons. The molecule has 2 atom stereocenters. The first kappa shape index (κ1) is 15.3. The fourth-order valence-corrected chi connectivity index (χ4v) is 3.90. The van der Waals surface area contributed by atoms with Crippen LogP contribution in [-0.2, 0) is 9.53 Å². The largest absolute Gasteiger partial charge is 0.374 e. The number of likely N-dealkylation sites (N-methyl/N-ethyl adjacent to an activating group) is 1. The highest BCUT2D eigenvalue weighted by atomic mass is 16.5. The molecule has 2 unspecified atom stereocenters. The Labute approximate surface area is 128 Å². The van der Waals surface area contributed by atoms with Gasteiger partial charge in [-0.25, -0.2) is 0 Å². The van der Waals surface area contributed by atoms with Crippen molar-refractivity contribution in [2.45, 2.75) is 63.8 Å². The summed E-state index contributed by atoms with van der Waals surface area (Å²) in [5, 5.41) is 3.72. The first-order chi connectivity index (χ1) is 10.0. The summed E-state index contributed by atoms with van der Waals surface area (Å²) in [5.74, 6) is 0.340. The van der Waals surface area contributed by atoms with Crippen LogP contribution in [0.2, 0.25) is 0 Å². The standard InChI is InChI=1S/C16H29N3O2/c1-4-18-8-5-6-13(15(18)20)19-10-12(11-19)17-14-7-9-21-16(14,2)3/h12-14,17H,4-11H2,1-3H3. The molecule has 0 aliphatic carbocycles. The maximum Gasteiger partial charge on any atom is 0.239 e. The van der Waals surface area contributed by atoms with Gasteiger partial charge in [0.1, 0.15) is 0 Å². The molecule has 3 fully saturated rings. The van der Waals surface area contributed by atoms with E-state index in [2.05, 4.69) is 31.0 Å². The Balaban J connectivity index is 1.48.